The number of nitrogens with one attached hydrogen (secondary N) is 1. The van der Waals surface area contributed by atoms with Crippen LogP contribution in [0.15, 0.2) is 18.2 Å². The molecular formula is C13H18Cl2N2O2. The molecule has 6 heteroatoms. The maximum Gasteiger partial charge on any atom is 0.238 e. The number of aliphatic hydroxyl groups is 1. The van der Waals surface area contributed by atoms with Gasteiger partial charge < -0.3 is 10.4 Å². The highest BCUT2D eigenvalue weighted by atomic mass is 35.5. The van der Waals surface area contributed by atoms with Gasteiger partial charge in [-0.15, -0.1) is 0 Å². The van der Waals surface area contributed by atoms with Crippen LogP contribution < -0.4 is 5.32 Å². The smallest absolute Gasteiger partial charge is 0.238 e. The number of nitrogens with zero attached hydrogens (tertiary/aromatic N) is 1. The van der Waals surface area contributed by atoms with Gasteiger partial charge in [0.2, 0.25) is 5.91 Å². The van der Waals surface area contributed by atoms with Crippen molar-refractivity contribution in [3.63, 3.8) is 0 Å². The molecule has 1 aromatic carbocycles. The Morgan fingerprint density at radius 3 is 2.68 bits per heavy atom. The summed E-state index contributed by atoms with van der Waals surface area (Å²) in [5.74, 6) is -0.107. The molecule has 1 aromatic rings. The monoisotopic (exact) mass is 304 g/mol. The van der Waals surface area contributed by atoms with Gasteiger partial charge in [-0.2, -0.15) is 0 Å². The molecule has 19 heavy (non-hydrogen) atoms. The zero-order valence-corrected chi connectivity index (χ0v) is 12.3. The molecule has 1 amide bonds. The SMILES string of the molecule is CN(CCCCO)CC(=O)Nc1ccc(Cl)c(Cl)c1. The normalized spacial score (nSPS) is 10.8. The molecule has 106 valence electrons. The second-order valence-electron chi connectivity index (χ2n) is 4.35. The Bertz CT molecular complexity index is 427. The summed E-state index contributed by atoms with van der Waals surface area (Å²) in [7, 11) is 1.87. The highest BCUT2D eigenvalue weighted by Gasteiger charge is 2.07. The van der Waals surface area contributed by atoms with Crippen LogP contribution >= 0.6 is 23.2 Å². The van der Waals surface area contributed by atoms with Gasteiger partial charge in [0, 0.05) is 12.3 Å². The van der Waals surface area contributed by atoms with E-state index in [-0.39, 0.29) is 12.5 Å². The van der Waals surface area contributed by atoms with Gasteiger partial charge in [0.05, 0.1) is 16.6 Å². The van der Waals surface area contributed by atoms with Crippen LogP contribution in [0.5, 0.6) is 0 Å². The zero-order valence-electron chi connectivity index (χ0n) is 10.8. The molecular weight excluding hydrogens is 287 g/mol. The number of amides is 1. The third-order valence-corrected chi connectivity index (χ3v) is 3.30. The number of aliphatic hydroxyl groups excluding tert-OH is 1. The highest BCUT2D eigenvalue weighted by Crippen LogP contribution is 2.24. The Labute approximate surface area is 123 Å². The van der Waals surface area contributed by atoms with Crippen molar-refractivity contribution in [2.24, 2.45) is 0 Å². The number of benzene rings is 1. The van der Waals surface area contributed by atoms with Gasteiger partial charge in [0.1, 0.15) is 0 Å². The van der Waals surface area contributed by atoms with Crippen molar-refractivity contribution in [3.05, 3.63) is 28.2 Å². The standard InChI is InChI=1S/C13H18Cl2N2O2/c1-17(6-2-3-7-18)9-13(19)16-10-4-5-11(14)12(15)8-10/h4-5,8,18H,2-3,6-7,9H2,1H3,(H,16,19). The second kappa shape index (κ2) is 8.38. The average Bonchev–Trinajstić information content (AvgIpc) is 2.34. The van der Waals surface area contributed by atoms with Crippen molar-refractivity contribution in [1.29, 1.82) is 0 Å². The first-order valence-electron chi connectivity index (χ1n) is 6.07. The minimum Gasteiger partial charge on any atom is -0.396 e. The van der Waals surface area contributed by atoms with E-state index >= 15 is 0 Å². The quantitative estimate of drug-likeness (QED) is 0.762. The number of hydrogen-bond acceptors (Lipinski definition) is 3. The minimum absolute atomic E-state index is 0.107. The van der Waals surface area contributed by atoms with Crippen LogP contribution in [0.1, 0.15) is 12.8 Å². The third-order valence-electron chi connectivity index (χ3n) is 2.56. The lowest BCUT2D eigenvalue weighted by molar-refractivity contribution is -0.117. The molecule has 0 saturated carbocycles. The number of unbranched alkanes of at least 4 members (excludes halogenated alkanes) is 1. The van der Waals surface area contributed by atoms with E-state index in [4.69, 9.17) is 28.3 Å². The summed E-state index contributed by atoms with van der Waals surface area (Å²) < 4.78 is 0. The van der Waals surface area contributed by atoms with E-state index in [1.807, 2.05) is 11.9 Å². The van der Waals surface area contributed by atoms with Crippen LogP contribution in [0.25, 0.3) is 0 Å². The van der Waals surface area contributed by atoms with Crippen LogP contribution in [0, 0.1) is 0 Å². The predicted molar refractivity (Wildman–Crippen MR) is 78.9 cm³/mol. The molecule has 0 fully saturated rings. The maximum atomic E-state index is 11.8. The Balaban J connectivity index is 2.39. The molecule has 0 atom stereocenters. The Morgan fingerprint density at radius 2 is 2.05 bits per heavy atom. The van der Waals surface area contributed by atoms with Gasteiger partial charge in [-0.3, -0.25) is 9.69 Å². The number of hydrogen-bond donors (Lipinski definition) is 2. The number of likely N-dealkylation sites (N-methyl/N-ethyl adjacent to an activating group) is 1. The maximum absolute atomic E-state index is 11.8. The molecule has 0 unspecified atom stereocenters. The second-order valence-corrected chi connectivity index (χ2v) is 5.16. The molecule has 0 heterocycles. The summed E-state index contributed by atoms with van der Waals surface area (Å²) in [4.78, 5) is 13.7. The van der Waals surface area contributed by atoms with Gasteiger partial charge in [0.25, 0.3) is 0 Å². The Morgan fingerprint density at radius 1 is 1.32 bits per heavy atom. The predicted octanol–water partition coefficient (Wildman–Crippen LogP) is 2.64. The van der Waals surface area contributed by atoms with Crippen molar-refractivity contribution >= 4 is 34.8 Å². The van der Waals surface area contributed by atoms with Crippen LogP contribution in [0.3, 0.4) is 0 Å². The van der Waals surface area contributed by atoms with Crippen LogP contribution in [-0.4, -0.2) is 42.7 Å². The van der Waals surface area contributed by atoms with Crippen LogP contribution in [-0.2, 0) is 4.79 Å². The summed E-state index contributed by atoms with van der Waals surface area (Å²) in [6, 6.07) is 4.97. The largest absolute Gasteiger partial charge is 0.396 e. The molecule has 2 N–H and O–H groups in total. The average molecular weight is 305 g/mol. The molecule has 0 radical (unpaired) electrons. The number of rotatable bonds is 7. The van der Waals surface area contributed by atoms with Crippen molar-refractivity contribution in [2.75, 3.05) is 32.1 Å². The molecule has 0 aliphatic carbocycles. The Hall–Kier alpha value is -0.810. The van der Waals surface area contributed by atoms with Crippen molar-refractivity contribution < 1.29 is 9.90 Å². The van der Waals surface area contributed by atoms with Crippen molar-refractivity contribution in [1.82, 2.24) is 4.90 Å². The summed E-state index contributed by atoms with van der Waals surface area (Å²) in [6.07, 6.45) is 1.62. The summed E-state index contributed by atoms with van der Waals surface area (Å²) >= 11 is 11.7. The first kappa shape index (κ1) is 16.2. The number of anilines is 1. The van der Waals surface area contributed by atoms with E-state index in [0.717, 1.165) is 19.4 Å². The van der Waals surface area contributed by atoms with Gasteiger partial charge in [-0.25, -0.2) is 0 Å². The molecule has 0 aliphatic heterocycles. The summed E-state index contributed by atoms with van der Waals surface area (Å²) in [5, 5.41) is 12.3. The van der Waals surface area contributed by atoms with Crippen LogP contribution in [0.2, 0.25) is 10.0 Å². The lowest BCUT2D eigenvalue weighted by Gasteiger charge is -2.16. The Kier molecular flexibility index (Phi) is 7.16. The highest BCUT2D eigenvalue weighted by molar-refractivity contribution is 6.42. The first-order chi connectivity index (χ1) is 9.02. The van der Waals surface area contributed by atoms with Gasteiger partial charge in [-0.1, -0.05) is 23.2 Å². The van der Waals surface area contributed by atoms with E-state index in [2.05, 4.69) is 5.32 Å². The van der Waals surface area contributed by atoms with Crippen molar-refractivity contribution in [3.8, 4) is 0 Å². The molecule has 0 bridgehead atoms. The third kappa shape index (κ3) is 6.25. The summed E-state index contributed by atoms with van der Waals surface area (Å²) in [5.41, 5.74) is 0.628. The zero-order chi connectivity index (χ0) is 14.3. The van der Waals surface area contributed by atoms with Crippen molar-refractivity contribution in [2.45, 2.75) is 12.8 Å². The van der Waals surface area contributed by atoms with E-state index in [9.17, 15) is 4.79 Å². The number of halogens is 2. The number of carbonyl (C=O) groups is 1. The lowest BCUT2D eigenvalue weighted by Crippen LogP contribution is -2.31. The van der Waals surface area contributed by atoms with E-state index in [0.29, 0.717) is 22.3 Å². The molecule has 0 aromatic heterocycles. The van der Waals surface area contributed by atoms with Gasteiger partial charge in [0.15, 0.2) is 0 Å². The number of carbonyl (C=O) groups excluding carboxylic acids is 1. The lowest BCUT2D eigenvalue weighted by atomic mass is 10.3. The fourth-order valence-corrected chi connectivity index (χ4v) is 1.89. The first-order valence-corrected chi connectivity index (χ1v) is 6.83. The fraction of sp³-hybridized carbons (Fsp3) is 0.462. The topological polar surface area (TPSA) is 52.6 Å². The van der Waals surface area contributed by atoms with E-state index in [1.54, 1.807) is 18.2 Å². The van der Waals surface area contributed by atoms with Crippen LogP contribution in [0.4, 0.5) is 5.69 Å². The van der Waals surface area contributed by atoms with E-state index in [1.165, 1.54) is 0 Å². The fourth-order valence-electron chi connectivity index (χ4n) is 1.59. The van der Waals surface area contributed by atoms with E-state index < -0.39 is 0 Å². The molecule has 1 rings (SSSR count). The summed E-state index contributed by atoms with van der Waals surface area (Å²) in [6.45, 7) is 1.25. The van der Waals surface area contributed by atoms with Gasteiger partial charge >= 0.3 is 0 Å². The molecule has 0 aliphatic rings. The molecule has 4 nitrogen and oxygen atoms in total. The molecule has 0 saturated heterocycles. The molecule has 0 spiro atoms. The van der Waals surface area contributed by atoms with Gasteiger partial charge in [-0.05, 0) is 44.6 Å². The minimum atomic E-state index is -0.107.